The number of rotatable bonds is 3. The van der Waals surface area contributed by atoms with Crippen LogP contribution in [-0.2, 0) is 0 Å². The Morgan fingerprint density at radius 2 is 1.94 bits per heavy atom. The van der Waals surface area contributed by atoms with Crippen LogP contribution in [0.1, 0.15) is 38.2 Å². The molecule has 0 aliphatic carbocycles. The first-order chi connectivity index (χ1) is 8.27. The van der Waals surface area contributed by atoms with Crippen molar-refractivity contribution < 1.29 is 4.79 Å². The largest absolute Gasteiger partial charge is 0.372 e. The van der Waals surface area contributed by atoms with Gasteiger partial charge in [-0.3, -0.25) is 4.79 Å². The molecule has 0 radical (unpaired) electrons. The molecule has 0 saturated heterocycles. The molecule has 1 rings (SSSR count). The third-order valence-electron chi connectivity index (χ3n) is 3.28. The van der Waals surface area contributed by atoms with Crippen molar-refractivity contribution in [3.63, 3.8) is 0 Å². The fraction of sp³-hybridized carbons (Fsp3) is 0.615. The van der Waals surface area contributed by atoms with Gasteiger partial charge in [0.25, 0.3) is 5.91 Å². The van der Waals surface area contributed by atoms with Crippen molar-refractivity contribution in [1.82, 2.24) is 14.9 Å². The summed E-state index contributed by atoms with van der Waals surface area (Å²) in [6.07, 6.45) is 3.06. The highest BCUT2D eigenvalue weighted by molar-refractivity contribution is 5.92. The lowest BCUT2D eigenvalue weighted by Gasteiger charge is -2.35. The van der Waals surface area contributed by atoms with Crippen LogP contribution in [0.5, 0.6) is 0 Å². The van der Waals surface area contributed by atoms with Gasteiger partial charge in [0.15, 0.2) is 0 Å². The van der Waals surface area contributed by atoms with Gasteiger partial charge >= 0.3 is 0 Å². The van der Waals surface area contributed by atoms with Gasteiger partial charge in [-0.15, -0.1) is 0 Å². The number of hydrogen-bond acceptors (Lipinski definition) is 4. The standard InChI is InChI=1S/C13H22N4O/c1-9(13(2,3)4)17(6)12(18)10-7-16-11(14-5)8-15-10/h7-9H,1-6H3,(H,14,16). The van der Waals surface area contributed by atoms with Crippen molar-refractivity contribution in [1.29, 1.82) is 0 Å². The summed E-state index contributed by atoms with van der Waals surface area (Å²) in [6, 6.07) is 0.121. The Kier molecular flexibility index (Phi) is 4.27. The zero-order valence-electron chi connectivity index (χ0n) is 12.0. The van der Waals surface area contributed by atoms with E-state index in [4.69, 9.17) is 0 Å². The van der Waals surface area contributed by atoms with Crippen molar-refractivity contribution >= 4 is 11.7 Å². The second kappa shape index (κ2) is 5.33. The number of nitrogens with zero attached hydrogens (tertiary/aromatic N) is 3. The van der Waals surface area contributed by atoms with E-state index in [2.05, 4.69) is 36.1 Å². The lowest BCUT2D eigenvalue weighted by molar-refractivity contribution is 0.0623. The average molecular weight is 250 g/mol. The minimum absolute atomic E-state index is 0.0305. The summed E-state index contributed by atoms with van der Waals surface area (Å²) in [4.78, 5) is 22.2. The molecular formula is C13H22N4O. The maximum atomic E-state index is 12.2. The summed E-state index contributed by atoms with van der Waals surface area (Å²) >= 11 is 0. The molecule has 1 aromatic heterocycles. The number of carbonyl (C=O) groups excluding carboxylic acids is 1. The first kappa shape index (κ1) is 14.4. The first-order valence-corrected chi connectivity index (χ1v) is 6.04. The zero-order valence-corrected chi connectivity index (χ0v) is 12.0. The van der Waals surface area contributed by atoms with Crippen LogP contribution in [0.2, 0.25) is 0 Å². The lowest BCUT2D eigenvalue weighted by atomic mass is 9.87. The van der Waals surface area contributed by atoms with E-state index in [-0.39, 0.29) is 17.4 Å². The SMILES string of the molecule is CNc1cnc(C(=O)N(C)C(C)C(C)(C)C)cn1. The minimum atomic E-state index is -0.104. The number of nitrogens with one attached hydrogen (secondary N) is 1. The molecule has 0 aromatic carbocycles. The lowest BCUT2D eigenvalue weighted by Crippen LogP contribution is -2.43. The zero-order chi connectivity index (χ0) is 13.9. The van der Waals surface area contributed by atoms with E-state index in [1.54, 1.807) is 25.2 Å². The second-order valence-electron chi connectivity index (χ2n) is 5.49. The van der Waals surface area contributed by atoms with Gasteiger partial charge in [0, 0.05) is 20.1 Å². The van der Waals surface area contributed by atoms with Crippen LogP contribution in [0.3, 0.4) is 0 Å². The quantitative estimate of drug-likeness (QED) is 0.891. The van der Waals surface area contributed by atoms with E-state index >= 15 is 0 Å². The summed E-state index contributed by atoms with van der Waals surface area (Å²) in [7, 11) is 3.56. The van der Waals surface area contributed by atoms with Gasteiger partial charge in [-0.1, -0.05) is 20.8 Å². The van der Waals surface area contributed by atoms with E-state index in [1.165, 1.54) is 6.20 Å². The number of hydrogen-bond donors (Lipinski definition) is 1. The molecule has 5 heteroatoms. The van der Waals surface area contributed by atoms with Crippen LogP contribution >= 0.6 is 0 Å². The highest BCUT2D eigenvalue weighted by atomic mass is 16.2. The molecule has 1 N–H and O–H groups in total. The van der Waals surface area contributed by atoms with Crippen molar-refractivity contribution in [3.8, 4) is 0 Å². The minimum Gasteiger partial charge on any atom is -0.372 e. The highest BCUT2D eigenvalue weighted by Gasteiger charge is 2.28. The molecule has 1 atom stereocenters. The maximum absolute atomic E-state index is 12.2. The van der Waals surface area contributed by atoms with Crippen molar-refractivity contribution in [3.05, 3.63) is 18.1 Å². The third-order valence-corrected chi connectivity index (χ3v) is 3.28. The molecule has 0 spiro atoms. The normalized spacial score (nSPS) is 13.0. The Labute approximate surface area is 109 Å². The van der Waals surface area contributed by atoms with Gasteiger partial charge in [0.2, 0.25) is 0 Å². The van der Waals surface area contributed by atoms with Crippen LogP contribution < -0.4 is 5.32 Å². The third kappa shape index (κ3) is 3.18. The molecule has 1 amide bonds. The fourth-order valence-corrected chi connectivity index (χ4v) is 1.51. The van der Waals surface area contributed by atoms with E-state index < -0.39 is 0 Å². The molecule has 100 valence electrons. The highest BCUT2D eigenvalue weighted by Crippen LogP contribution is 2.23. The number of amides is 1. The van der Waals surface area contributed by atoms with Crippen molar-refractivity contribution in [2.45, 2.75) is 33.7 Å². The summed E-state index contributed by atoms with van der Waals surface area (Å²) in [5.74, 6) is 0.547. The van der Waals surface area contributed by atoms with Crippen LogP contribution in [0, 0.1) is 5.41 Å². The average Bonchev–Trinajstić information content (AvgIpc) is 2.35. The molecule has 1 heterocycles. The van der Waals surface area contributed by atoms with Gasteiger partial charge in [-0.05, 0) is 12.3 Å². The molecule has 0 aliphatic heterocycles. The molecule has 5 nitrogen and oxygen atoms in total. The van der Waals surface area contributed by atoms with Gasteiger partial charge < -0.3 is 10.2 Å². The van der Waals surface area contributed by atoms with Gasteiger partial charge in [0.05, 0.1) is 12.4 Å². The van der Waals surface area contributed by atoms with E-state index in [1.807, 2.05) is 6.92 Å². The Morgan fingerprint density at radius 3 is 2.33 bits per heavy atom. The predicted octanol–water partition coefficient (Wildman–Crippen LogP) is 2.02. The monoisotopic (exact) mass is 250 g/mol. The number of carbonyl (C=O) groups is 1. The summed E-state index contributed by atoms with van der Waals surface area (Å²) in [5, 5.41) is 2.87. The van der Waals surface area contributed by atoms with Crippen LogP contribution in [0.25, 0.3) is 0 Å². The van der Waals surface area contributed by atoms with E-state index in [0.717, 1.165) is 0 Å². The molecule has 18 heavy (non-hydrogen) atoms. The number of anilines is 1. The topological polar surface area (TPSA) is 58.1 Å². The first-order valence-electron chi connectivity index (χ1n) is 6.04. The summed E-state index contributed by atoms with van der Waals surface area (Å²) < 4.78 is 0. The smallest absolute Gasteiger partial charge is 0.274 e. The molecule has 0 bridgehead atoms. The van der Waals surface area contributed by atoms with Crippen molar-refractivity contribution in [2.24, 2.45) is 5.41 Å². The molecule has 1 aromatic rings. The molecular weight excluding hydrogens is 228 g/mol. The fourth-order valence-electron chi connectivity index (χ4n) is 1.51. The Hall–Kier alpha value is -1.65. The summed E-state index contributed by atoms with van der Waals surface area (Å²) in [5.41, 5.74) is 0.399. The van der Waals surface area contributed by atoms with Gasteiger partial charge in [0.1, 0.15) is 11.5 Å². The van der Waals surface area contributed by atoms with Crippen LogP contribution in [0.4, 0.5) is 5.82 Å². The Morgan fingerprint density at radius 1 is 1.33 bits per heavy atom. The Balaban J connectivity index is 2.86. The predicted molar refractivity (Wildman–Crippen MR) is 72.6 cm³/mol. The van der Waals surface area contributed by atoms with Crippen molar-refractivity contribution in [2.75, 3.05) is 19.4 Å². The summed E-state index contributed by atoms with van der Waals surface area (Å²) in [6.45, 7) is 8.36. The van der Waals surface area contributed by atoms with Gasteiger partial charge in [-0.2, -0.15) is 0 Å². The second-order valence-corrected chi connectivity index (χ2v) is 5.49. The maximum Gasteiger partial charge on any atom is 0.274 e. The van der Waals surface area contributed by atoms with E-state index in [9.17, 15) is 4.79 Å². The van der Waals surface area contributed by atoms with Gasteiger partial charge in [-0.25, -0.2) is 9.97 Å². The van der Waals surface area contributed by atoms with E-state index in [0.29, 0.717) is 11.5 Å². The molecule has 1 unspecified atom stereocenters. The Bertz CT molecular complexity index is 408. The molecule has 0 aliphatic rings. The van der Waals surface area contributed by atoms with Crippen LogP contribution in [-0.4, -0.2) is 40.9 Å². The number of aromatic nitrogens is 2. The molecule has 0 fully saturated rings. The van der Waals surface area contributed by atoms with Crippen LogP contribution in [0.15, 0.2) is 12.4 Å². The molecule has 0 saturated carbocycles.